The van der Waals surface area contributed by atoms with E-state index in [1.54, 1.807) is 19.3 Å². The van der Waals surface area contributed by atoms with Crippen molar-refractivity contribution < 1.29 is 9.53 Å². The summed E-state index contributed by atoms with van der Waals surface area (Å²) in [6, 6.07) is 8.04. The van der Waals surface area contributed by atoms with Crippen LogP contribution in [0.2, 0.25) is 0 Å². The molecule has 102 valence electrons. The largest absolute Gasteiger partial charge is 0.497 e. The van der Waals surface area contributed by atoms with Gasteiger partial charge in [0.05, 0.1) is 7.11 Å². The lowest BCUT2D eigenvalue weighted by molar-refractivity contribution is -0.126. The van der Waals surface area contributed by atoms with Crippen molar-refractivity contribution >= 4 is 11.6 Å². The highest BCUT2D eigenvalue weighted by molar-refractivity contribution is 5.87. The molecule has 0 saturated carbocycles. The van der Waals surface area contributed by atoms with Crippen molar-refractivity contribution in [3.05, 3.63) is 36.4 Å². The lowest BCUT2D eigenvalue weighted by Gasteiger charge is -2.35. The molecule has 4 heteroatoms. The van der Waals surface area contributed by atoms with Gasteiger partial charge in [-0.25, -0.2) is 0 Å². The second-order valence-electron chi connectivity index (χ2n) is 4.51. The first kappa shape index (κ1) is 13.5. The topological polar surface area (TPSA) is 32.8 Å². The van der Waals surface area contributed by atoms with Crippen LogP contribution in [-0.4, -0.2) is 44.1 Å². The summed E-state index contributed by atoms with van der Waals surface area (Å²) in [5.41, 5.74) is 1.15. The van der Waals surface area contributed by atoms with E-state index in [1.165, 1.54) is 0 Å². The Balaban J connectivity index is 1.97. The van der Waals surface area contributed by atoms with Gasteiger partial charge < -0.3 is 14.5 Å². The van der Waals surface area contributed by atoms with Crippen molar-refractivity contribution in [3.63, 3.8) is 0 Å². The molecule has 0 unspecified atom stereocenters. The molecular formula is C15H20N2O2. The third-order valence-corrected chi connectivity index (χ3v) is 3.32. The van der Waals surface area contributed by atoms with Crippen LogP contribution in [0, 0.1) is 0 Å². The first-order valence-electron chi connectivity index (χ1n) is 6.55. The van der Waals surface area contributed by atoms with Gasteiger partial charge in [-0.05, 0) is 25.1 Å². The number of allylic oxidation sites excluding steroid dienone is 1. The molecule has 0 aromatic heterocycles. The molecule has 0 aliphatic carbocycles. The van der Waals surface area contributed by atoms with E-state index >= 15 is 0 Å². The molecular weight excluding hydrogens is 240 g/mol. The first-order valence-corrected chi connectivity index (χ1v) is 6.55. The molecule has 1 aromatic carbocycles. The van der Waals surface area contributed by atoms with Crippen molar-refractivity contribution in [1.82, 2.24) is 4.90 Å². The van der Waals surface area contributed by atoms with E-state index < -0.39 is 0 Å². The highest BCUT2D eigenvalue weighted by atomic mass is 16.5. The minimum absolute atomic E-state index is 0.104. The summed E-state index contributed by atoms with van der Waals surface area (Å²) in [6.45, 7) is 5.11. The smallest absolute Gasteiger partial charge is 0.246 e. The lowest BCUT2D eigenvalue weighted by Crippen LogP contribution is -2.48. The Hall–Kier alpha value is -1.97. The number of carbonyl (C=O) groups excluding carboxylic acids is 1. The highest BCUT2D eigenvalue weighted by Gasteiger charge is 2.19. The summed E-state index contributed by atoms with van der Waals surface area (Å²) in [5.74, 6) is 0.970. The van der Waals surface area contributed by atoms with E-state index in [4.69, 9.17) is 4.74 Å². The van der Waals surface area contributed by atoms with Crippen molar-refractivity contribution in [3.8, 4) is 5.75 Å². The minimum atomic E-state index is 0.104. The van der Waals surface area contributed by atoms with E-state index in [0.29, 0.717) is 0 Å². The molecule has 0 atom stereocenters. The van der Waals surface area contributed by atoms with E-state index in [1.807, 2.05) is 30.0 Å². The maximum atomic E-state index is 11.7. The molecule has 1 aromatic rings. The molecule has 0 spiro atoms. The van der Waals surface area contributed by atoms with Crippen LogP contribution < -0.4 is 9.64 Å². The molecule has 1 heterocycles. The second kappa shape index (κ2) is 6.27. The number of ether oxygens (including phenoxy) is 1. The molecule has 0 radical (unpaired) electrons. The van der Waals surface area contributed by atoms with Crippen LogP contribution in [0.1, 0.15) is 6.92 Å². The van der Waals surface area contributed by atoms with Gasteiger partial charge in [-0.15, -0.1) is 0 Å². The number of benzene rings is 1. The number of amides is 1. The predicted molar refractivity (Wildman–Crippen MR) is 76.6 cm³/mol. The predicted octanol–water partition coefficient (Wildman–Crippen LogP) is 1.92. The van der Waals surface area contributed by atoms with Crippen LogP contribution in [0.3, 0.4) is 0 Å². The van der Waals surface area contributed by atoms with Crippen molar-refractivity contribution in [2.75, 3.05) is 38.2 Å². The molecule has 1 aliphatic rings. The normalized spacial score (nSPS) is 15.9. The number of piperazine rings is 1. The lowest BCUT2D eigenvalue weighted by atomic mass is 10.2. The zero-order valence-corrected chi connectivity index (χ0v) is 11.5. The SMILES string of the molecule is CC=CC(=O)N1CCN(c2cccc(OC)c2)CC1. The molecule has 4 nitrogen and oxygen atoms in total. The van der Waals surface area contributed by atoms with E-state index in [2.05, 4.69) is 11.0 Å². The van der Waals surface area contributed by atoms with Gasteiger partial charge in [0.2, 0.25) is 5.91 Å². The van der Waals surface area contributed by atoms with Gasteiger partial charge in [0.1, 0.15) is 5.75 Å². The highest BCUT2D eigenvalue weighted by Crippen LogP contribution is 2.22. The number of hydrogen-bond donors (Lipinski definition) is 0. The summed E-state index contributed by atoms with van der Waals surface area (Å²) < 4.78 is 5.24. The Morgan fingerprint density at radius 1 is 1.26 bits per heavy atom. The zero-order valence-electron chi connectivity index (χ0n) is 11.5. The Morgan fingerprint density at radius 2 is 2.00 bits per heavy atom. The summed E-state index contributed by atoms with van der Waals surface area (Å²) in [6.07, 6.45) is 3.41. The van der Waals surface area contributed by atoms with Crippen LogP contribution in [0.25, 0.3) is 0 Å². The van der Waals surface area contributed by atoms with Gasteiger partial charge >= 0.3 is 0 Å². The van der Waals surface area contributed by atoms with E-state index in [9.17, 15) is 4.79 Å². The number of carbonyl (C=O) groups is 1. The van der Waals surface area contributed by atoms with Gasteiger partial charge in [-0.3, -0.25) is 4.79 Å². The van der Waals surface area contributed by atoms with Gasteiger partial charge in [0.25, 0.3) is 0 Å². The van der Waals surface area contributed by atoms with E-state index in [-0.39, 0.29) is 5.91 Å². The summed E-state index contributed by atoms with van der Waals surface area (Å²) in [7, 11) is 1.67. The number of rotatable bonds is 3. The number of hydrogen-bond acceptors (Lipinski definition) is 3. The van der Waals surface area contributed by atoms with Crippen LogP contribution in [0.4, 0.5) is 5.69 Å². The molecule has 1 fully saturated rings. The molecule has 0 bridgehead atoms. The Kier molecular flexibility index (Phi) is 4.44. The Morgan fingerprint density at radius 3 is 2.63 bits per heavy atom. The fourth-order valence-corrected chi connectivity index (χ4v) is 2.24. The summed E-state index contributed by atoms with van der Waals surface area (Å²) >= 11 is 0. The maximum Gasteiger partial charge on any atom is 0.246 e. The van der Waals surface area contributed by atoms with E-state index in [0.717, 1.165) is 37.6 Å². The minimum Gasteiger partial charge on any atom is -0.497 e. The van der Waals surface area contributed by atoms with Crippen molar-refractivity contribution in [2.45, 2.75) is 6.92 Å². The monoisotopic (exact) mass is 260 g/mol. The van der Waals surface area contributed by atoms with Crippen LogP contribution >= 0.6 is 0 Å². The molecule has 1 amide bonds. The van der Waals surface area contributed by atoms with Gasteiger partial charge in [-0.2, -0.15) is 0 Å². The molecule has 2 rings (SSSR count). The van der Waals surface area contributed by atoms with Gasteiger partial charge in [-0.1, -0.05) is 12.1 Å². The number of anilines is 1. The number of nitrogens with zero attached hydrogens (tertiary/aromatic N) is 2. The van der Waals surface area contributed by atoms with Crippen LogP contribution in [-0.2, 0) is 4.79 Å². The van der Waals surface area contributed by atoms with Crippen LogP contribution in [0.5, 0.6) is 5.75 Å². The molecule has 19 heavy (non-hydrogen) atoms. The van der Waals surface area contributed by atoms with Crippen molar-refractivity contribution in [1.29, 1.82) is 0 Å². The molecule has 1 aliphatic heterocycles. The van der Waals surface area contributed by atoms with Gasteiger partial charge in [0, 0.05) is 37.9 Å². The fraction of sp³-hybridized carbons (Fsp3) is 0.400. The third kappa shape index (κ3) is 3.28. The molecule has 1 saturated heterocycles. The standard InChI is InChI=1S/C15H20N2O2/c1-3-5-15(18)17-10-8-16(9-11-17)13-6-4-7-14(12-13)19-2/h3-7,12H,8-11H2,1-2H3. The van der Waals surface area contributed by atoms with Crippen LogP contribution in [0.15, 0.2) is 36.4 Å². The Labute approximate surface area is 114 Å². The zero-order chi connectivity index (χ0) is 13.7. The second-order valence-corrected chi connectivity index (χ2v) is 4.51. The third-order valence-electron chi connectivity index (χ3n) is 3.32. The molecule has 0 N–H and O–H groups in total. The average molecular weight is 260 g/mol. The Bertz CT molecular complexity index is 463. The maximum absolute atomic E-state index is 11.7. The van der Waals surface area contributed by atoms with Gasteiger partial charge in [0.15, 0.2) is 0 Å². The average Bonchev–Trinajstić information content (AvgIpc) is 2.48. The quantitative estimate of drug-likeness (QED) is 0.778. The summed E-state index contributed by atoms with van der Waals surface area (Å²) in [4.78, 5) is 15.9. The summed E-state index contributed by atoms with van der Waals surface area (Å²) in [5, 5.41) is 0. The first-order chi connectivity index (χ1) is 9.24. The fourth-order valence-electron chi connectivity index (χ4n) is 2.24. The van der Waals surface area contributed by atoms with Crippen molar-refractivity contribution in [2.24, 2.45) is 0 Å². The number of methoxy groups -OCH3 is 1.